The van der Waals surface area contributed by atoms with E-state index in [9.17, 15) is 4.79 Å². The van der Waals surface area contributed by atoms with E-state index < -0.39 is 0 Å². The van der Waals surface area contributed by atoms with Crippen LogP contribution in [0.15, 0.2) is 48.7 Å². The second-order valence-corrected chi connectivity index (χ2v) is 9.15. The minimum Gasteiger partial charge on any atom is -0.493 e. The zero-order chi connectivity index (χ0) is 23.4. The molecule has 1 aliphatic carbocycles. The normalized spacial score (nSPS) is 19.2. The highest BCUT2D eigenvalue weighted by Gasteiger charge is 2.28. The summed E-state index contributed by atoms with van der Waals surface area (Å²) in [4.78, 5) is 18.4. The first-order valence-electron chi connectivity index (χ1n) is 11.8. The standard InChI is InChI=1S/C27H35N3O3/c1-18-9-7-10-19(15-18)30(2)27(31)29-17-23(21-12-8-14-25(32-3)26(21)33-4)22-16-28-24-13-6-5-11-20(22)24/h5-6,8,11-14,16,18-19,23,28H,7,9-10,15,17H2,1-4H3,(H,29,31). The van der Waals surface area contributed by atoms with Crippen LogP contribution in [0.1, 0.15) is 49.7 Å². The fourth-order valence-corrected chi connectivity index (χ4v) is 5.19. The number of benzene rings is 2. The molecule has 2 aromatic carbocycles. The first-order valence-corrected chi connectivity index (χ1v) is 11.8. The van der Waals surface area contributed by atoms with E-state index >= 15 is 0 Å². The van der Waals surface area contributed by atoms with Crippen LogP contribution in [-0.2, 0) is 0 Å². The molecule has 4 rings (SSSR count). The lowest BCUT2D eigenvalue weighted by Gasteiger charge is -2.34. The van der Waals surface area contributed by atoms with E-state index in [2.05, 4.69) is 29.4 Å². The molecule has 176 valence electrons. The highest BCUT2D eigenvalue weighted by Crippen LogP contribution is 2.40. The number of nitrogens with one attached hydrogen (secondary N) is 2. The van der Waals surface area contributed by atoms with Gasteiger partial charge in [0.15, 0.2) is 11.5 Å². The van der Waals surface area contributed by atoms with Crippen LogP contribution in [0.25, 0.3) is 10.9 Å². The molecule has 0 spiro atoms. The number of H-pyrrole nitrogens is 1. The van der Waals surface area contributed by atoms with Gasteiger partial charge in [-0.05, 0) is 36.5 Å². The topological polar surface area (TPSA) is 66.6 Å². The van der Waals surface area contributed by atoms with E-state index in [0.29, 0.717) is 30.0 Å². The third-order valence-electron chi connectivity index (χ3n) is 7.04. The molecule has 3 unspecified atom stereocenters. The smallest absolute Gasteiger partial charge is 0.317 e. The van der Waals surface area contributed by atoms with Crippen molar-refractivity contribution in [2.75, 3.05) is 27.8 Å². The number of amides is 2. The number of nitrogens with zero attached hydrogens (tertiary/aromatic N) is 1. The Kier molecular flexibility index (Phi) is 7.11. The van der Waals surface area contributed by atoms with Gasteiger partial charge < -0.3 is 24.7 Å². The quantitative estimate of drug-likeness (QED) is 0.498. The maximum atomic E-state index is 13.1. The highest BCUT2D eigenvalue weighted by molar-refractivity contribution is 5.84. The first-order chi connectivity index (χ1) is 16.0. The molecule has 2 amide bonds. The van der Waals surface area contributed by atoms with Crippen molar-refractivity contribution >= 4 is 16.9 Å². The summed E-state index contributed by atoms with van der Waals surface area (Å²) in [5.41, 5.74) is 3.17. The number of aromatic amines is 1. The number of carbonyl (C=O) groups excluding carboxylic acids is 1. The molecule has 0 saturated heterocycles. The van der Waals surface area contributed by atoms with Gasteiger partial charge in [0.05, 0.1) is 14.2 Å². The van der Waals surface area contributed by atoms with Crippen molar-refractivity contribution in [3.63, 3.8) is 0 Å². The van der Waals surface area contributed by atoms with Crippen LogP contribution in [0.3, 0.4) is 0 Å². The number of ether oxygens (including phenoxy) is 2. The predicted octanol–water partition coefficient (Wildman–Crippen LogP) is 5.54. The number of urea groups is 1. The molecule has 0 aliphatic heterocycles. The van der Waals surface area contributed by atoms with Crippen LogP contribution in [0.2, 0.25) is 0 Å². The summed E-state index contributed by atoms with van der Waals surface area (Å²) in [6.07, 6.45) is 6.61. The maximum absolute atomic E-state index is 13.1. The molecule has 3 aromatic rings. The fourth-order valence-electron chi connectivity index (χ4n) is 5.19. The number of aromatic nitrogens is 1. The molecule has 6 nitrogen and oxygen atoms in total. The van der Waals surface area contributed by atoms with Gasteiger partial charge in [-0.15, -0.1) is 0 Å². The van der Waals surface area contributed by atoms with Gasteiger partial charge in [-0.3, -0.25) is 0 Å². The molecule has 0 bridgehead atoms. The van der Waals surface area contributed by atoms with Crippen LogP contribution < -0.4 is 14.8 Å². The molecule has 2 N–H and O–H groups in total. The molecule has 3 atom stereocenters. The third kappa shape index (κ3) is 4.80. The zero-order valence-electron chi connectivity index (χ0n) is 20.1. The summed E-state index contributed by atoms with van der Waals surface area (Å²) in [6.45, 7) is 2.73. The molecule has 1 heterocycles. The molecule has 6 heteroatoms. The molecular formula is C27H35N3O3. The summed E-state index contributed by atoms with van der Waals surface area (Å²) in [6, 6.07) is 14.4. The molecular weight excluding hydrogens is 414 g/mol. The number of fused-ring (bicyclic) bond motifs is 1. The molecule has 33 heavy (non-hydrogen) atoms. The van der Waals surface area contributed by atoms with Gasteiger partial charge >= 0.3 is 6.03 Å². The summed E-state index contributed by atoms with van der Waals surface area (Å²) < 4.78 is 11.3. The Morgan fingerprint density at radius 1 is 1.12 bits per heavy atom. The van der Waals surface area contributed by atoms with Crippen LogP contribution in [0.4, 0.5) is 4.79 Å². The first kappa shape index (κ1) is 23.0. The average Bonchev–Trinajstić information content (AvgIpc) is 3.27. The van der Waals surface area contributed by atoms with Crippen LogP contribution in [-0.4, -0.2) is 49.8 Å². The van der Waals surface area contributed by atoms with Gasteiger partial charge in [-0.1, -0.05) is 50.1 Å². The van der Waals surface area contributed by atoms with Crippen molar-refractivity contribution in [2.24, 2.45) is 5.92 Å². The Balaban J connectivity index is 1.64. The van der Waals surface area contributed by atoms with Crippen molar-refractivity contribution < 1.29 is 14.3 Å². The third-order valence-corrected chi connectivity index (χ3v) is 7.04. The monoisotopic (exact) mass is 449 g/mol. The number of hydrogen-bond donors (Lipinski definition) is 2. The van der Waals surface area contributed by atoms with E-state index in [0.717, 1.165) is 34.9 Å². The second kappa shape index (κ2) is 10.2. The molecule has 1 aliphatic rings. The Bertz CT molecular complexity index is 1090. The van der Waals surface area contributed by atoms with Crippen molar-refractivity contribution in [1.82, 2.24) is 15.2 Å². The molecule has 0 radical (unpaired) electrons. The minimum absolute atomic E-state index is 0.0270. The van der Waals surface area contributed by atoms with Crippen molar-refractivity contribution in [1.29, 1.82) is 0 Å². The van der Waals surface area contributed by atoms with E-state index in [1.807, 2.05) is 48.5 Å². The molecule has 1 saturated carbocycles. The Morgan fingerprint density at radius 2 is 1.94 bits per heavy atom. The van der Waals surface area contributed by atoms with Gasteiger partial charge in [-0.25, -0.2) is 4.79 Å². The average molecular weight is 450 g/mol. The van der Waals surface area contributed by atoms with E-state index in [1.54, 1.807) is 14.2 Å². The number of carbonyl (C=O) groups is 1. The summed E-state index contributed by atoms with van der Waals surface area (Å²) in [5, 5.41) is 4.35. The van der Waals surface area contributed by atoms with E-state index in [4.69, 9.17) is 9.47 Å². The Hall–Kier alpha value is -3.15. The number of rotatable bonds is 7. The largest absolute Gasteiger partial charge is 0.493 e. The Morgan fingerprint density at radius 3 is 2.70 bits per heavy atom. The van der Waals surface area contributed by atoms with Gasteiger partial charge in [0.25, 0.3) is 0 Å². The Labute approximate surface area is 196 Å². The minimum atomic E-state index is -0.103. The van der Waals surface area contributed by atoms with Gasteiger partial charge in [0.2, 0.25) is 0 Å². The molecule has 1 fully saturated rings. The molecule has 1 aromatic heterocycles. The lowest BCUT2D eigenvalue weighted by atomic mass is 9.86. The number of hydrogen-bond acceptors (Lipinski definition) is 3. The maximum Gasteiger partial charge on any atom is 0.317 e. The van der Waals surface area contributed by atoms with Crippen LogP contribution >= 0.6 is 0 Å². The highest BCUT2D eigenvalue weighted by atomic mass is 16.5. The number of para-hydroxylation sites is 2. The second-order valence-electron chi connectivity index (χ2n) is 9.15. The van der Waals surface area contributed by atoms with E-state index in [1.165, 1.54) is 12.8 Å². The van der Waals surface area contributed by atoms with Gasteiger partial charge in [0, 0.05) is 48.2 Å². The SMILES string of the molecule is COc1cccc(C(CNC(=O)N(C)C2CCCC(C)C2)c2c[nH]c3ccccc23)c1OC. The van der Waals surface area contributed by atoms with Crippen LogP contribution in [0.5, 0.6) is 11.5 Å². The fraction of sp³-hybridized carbons (Fsp3) is 0.444. The van der Waals surface area contributed by atoms with Crippen molar-refractivity contribution in [2.45, 2.75) is 44.6 Å². The lowest BCUT2D eigenvalue weighted by Crippen LogP contribution is -2.46. The summed E-state index contributed by atoms with van der Waals surface area (Å²) in [7, 11) is 5.22. The van der Waals surface area contributed by atoms with Crippen LogP contribution in [0, 0.1) is 5.92 Å². The summed E-state index contributed by atoms with van der Waals surface area (Å²) >= 11 is 0. The zero-order valence-corrected chi connectivity index (χ0v) is 20.1. The van der Waals surface area contributed by atoms with E-state index in [-0.39, 0.29) is 11.9 Å². The van der Waals surface area contributed by atoms with Gasteiger partial charge in [0.1, 0.15) is 0 Å². The van der Waals surface area contributed by atoms with Crippen molar-refractivity contribution in [3.05, 3.63) is 59.8 Å². The van der Waals surface area contributed by atoms with Gasteiger partial charge in [-0.2, -0.15) is 0 Å². The predicted molar refractivity (Wildman–Crippen MR) is 132 cm³/mol. The number of methoxy groups -OCH3 is 2. The van der Waals surface area contributed by atoms with Crippen molar-refractivity contribution in [3.8, 4) is 11.5 Å². The lowest BCUT2D eigenvalue weighted by molar-refractivity contribution is 0.160. The summed E-state index contributed by atoms with van der Waals surface area (Å²) in [5.74, 6) is 1.94.